The maximum absolute atomic E-state index is 12.3. The average molecular weight is 338 g/mol. The predicted molar refractivity (Wildman–Crippen MR) is 85.8 cm³/mol. The van der Waals surface area contributed by atoms with Crippen LogP contribution in [0.3, 0.4) is 0 Å². The number of aliphatic hydroxyl groups is 1. The van der Waals surface area contributed by atoms with Gasteiger partial charge in [0, 0.05) is 0 Å². The van der Waals surface area contributed by atoms with Gasteiger partial charge in [-0.15, -0.1) is 0 Å². The summed E-state index contributed by atoms with van der Waals surface area (Å²) in [5.74, 6) is 0.298. The van der Waals surface area contributed by atoms with E-state index in [1.165, 1.54) is 6.92 Å². The van der Waals surface area contributed by atoms with Crippen molar-refractivity contribution in [3.05, 3.63) is 0 Å². The summed E-state index contributed by atoms with van der Waals surface area (Å²) >= 11 is 1.56. The molecule has 1 aliphatic carbocycles. The lowest BCUT2D eigenvalue weighted by atomic mass is 9.92. The molecule has 0 bridgehead atoms. The SMILES string of the molecule is CCS(=O)(=O)NC(CCSC)C(=O)N[C@H]1CCCC[C@@H]1O. The number of sulfonamides is 1. The molecule has 1 unspecified atom stereocenters. The monoisotopic (exact) mass is 338 g/mol. The van der Waals surface area contributed by atoms with Gasteiger partial charge in [-0.05, 0) is 38.2 Å². The lowest BCUT2D eigenvalue weighted by molar-refractivity contribution is -0.124. The number of nitrogens with one attached hydrogen (secondary N) is 2. The molecule has 0 radical (unpaired) electrons. The van der Waals surface area contributed by atoms with E-state index in [1.807, 2.05) is 6.26 Å². The van der Waals surface area contributed by atoms with Gasteiger partial charge in [0.15, 0.2) is 0 Å². The molecule has 0 aromatic carbocycles. The van der Waals surface area contributed by atoms with E-state index in [0.29, 0.717) is 18.6 Å². The van der Waals surface area contributed by atoms with Crippen molar-refractivity contribution in [1.82, 2.24) is 10.0 Å². The highest BCUT2D eigenvalue weighted by Crippen LogP contribution is 2.18. The molecule has 1 fully saturated rings. The zero-order valence-corrected chi connectivity index (χ0v) is 14.3. The second-order valence-corrected chi connectivity index (χ2v) is 8.35. The molecule has 0 spiro atoms. The Bertz CT molecular complexity index is 428. The second-order valence-electron chi connectivity index (χ2n) is 5.32. The number of hydrogen-bond acceptors (Lipinski definition) is 5. The summed E-state index contributed by atoms with van der Waals surface area (Å²) in [5, 5.41) is 12.7. The zero-order chi connectivity index (χ0) is 15.9. The topological polar surface area (TPSA) is 95.5 Å². The second kappa shape index (κ2) is 8.97. The molecule has 6 nitrogen and oxygen atoms in total. The molecule has 3 N–H and O–H groups in total. The van der Waals surface area contributed by atoms with Crippen molar-refractivity contribution in [3.8, 4) is 0 Å². The number of aliphatic hydroxyl groups excluding tert-OH is 1. The van der Waals surface area contributed by atoms with Crippen molar-refractivity contribution >= 4 is 27.7 Å². The van der Waals surface area contributed by atoms with E-state index in [9.17, 15) is 18.3 Å². The molecule has 1 aliphatic rings. The molecule has 0 saturated heterocycles. The van der Waals surface area contributed by atoms with Crippen LogP contribution >= 0.6 is 11.8 Å². The third-order valence-electron chi connectivity index (χ3n) is 3.69. The van der Waals surface area contributed by atoms with Crippen LogP contribution in [0.2, 0.25) is 0 Å². The summed E-state index contributed by atoms with van der Waals surface area (Å²) in [4.78, 5) is 12.3. The molecule has 0 heterocycles. The molecule has 1 amide bonds. The lowest BCUT2D eigenvalue weighted by Gasteiger charge is -2.30. The van der Waals surface area contributed by atoms with Crippen LogP contribution in [-0.4, -0.2) is 55.4 Å². The van der Waals surface area contributed by atoms with Crippen LogP contribution < -0.4 is 10.0 Å². The molecular weight excluding hydrogens is 312 g/mol. The highest BCUT2D eigenvalue weighted by Gasteiger charge is 2.29. The first kappa shape index (κ1) is 18.7. The van der Waals surface area contributed by atoms with Gasteiger partial charge in [-0.1, -0.05) is 12.8 Å². The lowest BCUT2D eigenvalue weighted by Crippen LogP contribution is -2.53. The molecule has 0 aromatic rings. The Labute approximate surface area is 131 Å². The predicted octanol–water partition coefficient (Wildman–Crippen LogP) is 0.467. The van der Waals surface area contributed by atoms with Gasteiger partial charge in [-0.2, -0.15) is 11.8 Å². The van der Waals surface area contributed by atoms with E-state index in [-0.39, 0.29) is 17.7 Å². The van der Waals surface area contributed by atoms with Crippen LogP contribution in [0.1, 0.15) is 39.0 Å². The van der Waals surface area contributed by atoms with Crippen molar-refractivity contribution in [1.29, 1.82) is 0 Å². The van der Waals surface area contributed by atoms with Crippen LogP contribution in [0.25, 0.3) is 0 Å². The third kappa shape index (κ3) is 6.54. The molecule has 3 atom stereocenters. The Kier molecular flexibility index (Phi) is 8.00. The van der Waals surface area contributed by atoms with Gasteiger partial charge in [0.25, 0.3) is 0 Å². The van der Waals surface area contributed by atoms with Crippen LogP contribution in [-0.2, 0) is 14.8 Å². The first-order chi connectivity index (χ1) is 9.89. The van der Waals surface area contributed by atoms with E-state index in [2.05, 4.69) is 10.0 Å². The fourth-order valence-corrected chi connectivity index (χ4v) is 3.64. The molecule has 21 heavy (non-hydrogen) atoms. The normalized spacial score (nSPS) is 24.5. The average Bonchev–Trinajstić information content (AvgIpc) is 2.45. The summed E-state index contributed by atoms with van der Waals surface area (Å²) in [7, 11) is -3.43. The van der Waals surface area contributed by atoms with E-state index >= 15 is 0 Å². The largest absolute Gasteiger partial charge is 0.391 e. The molecule has 124 valence electrons. The fraction of sp³-hybridized carbons (Fsp3) is 0.923. The van der Waals surface area contributed by atoms with Gasteiger partial charge in [-0.3, -0.25) is 4.79 Å². The minimum Gasteiger partial charge on any atom is -0.391 e. The Morgan fingerprint density at radius 2 is 2.05 bits per heavy atom. The molecule has 8 heteroatoms. The van der Waals surface area contributed by atoms with Crippen molar-refractivity contribution in [2.75, 3.05) is 17.8 Å². The van der Waals surface area contributed by atoms with Gasteiger partial charge in [0.1, 0.15) is 6.04 Å². The summed E-state index contributed by atoms with van der Waals surface area (Å²) in [6.45, 7) is 1.54. The van der Waals surface area contributed by atoms with Crippen molar-refractivity contribution in [3.63, 3.8) is 0 Å². The first-order valence-corrected chi connectivity index (χ1v) is 10.4. The fourth-order valence-electron chi connectivity index (χ4n) is 2.34. The smallest absolute Gasteiger partial charge is 0.238 e. The van der Waals surface area contributed by atoms with E-state index in [1.54, 1.807) is 11.8 Å². The van der Waals surface area contributed by atoms with Crippen molar-refractivity contribution < 1.29 is 18.3 Å². The van der Waals surface area contributed by atoms with E-state index in [4.69, 9.17) is 0 Å². The Morgan fingerprint density at radius 1 is 1.38 bits per heavy atom. The van der Waals surface area contributed by atoms with Crippen LogP contribution in [0.5, 0.6) is 0 Å². The molecule has 0 aliphatic heterocycles. The van der Waals surface area contributed by atoms with Crippen molar-refractivity contribution in [2.45, 2.75) is 57.2 Å². The van der Waals surface area contributed by atoms with Gasteiger partial charge in [0.05, 0.1) is 17.9 Å². The Hall–Kier alpha value is -0.310. The minimum atomic E-state index is -3.43. The zero-order valence-electron chi connectivity index (χ0n) is 12.7. The maximum atomic E-state index is 12.3. The number of carbonyl (C=O) groups is 1. The van der Waals surface area contributed by atoms with Crippen LogP contribution in [0.15, 0.2) is 0 Å². The molecule has 0 aromatic heterocycles. The Morgan fingerprint density at radius 3 is 2.62 bits per heavy atom. The number of hydrogen-bond donors (Lipinski definition) is 3. The van der Waals surface area contributed by atoms with Gasteiger partial charge < -0.3 is 10.4 Å². The third-order valence-corrected chi connectivity index (χ3v) is 5.73. The van der Waals surface area contributed by atoms with E-state index < -0.39 is 22.2 Å². The van der Waals surface area contributed by atoms with Gasteiger partial charge >= 0.3 is 0 Å². The van der Waals surface area contributed by atoms with Crippen LogP contribution in [0, 0.1) is 0 Å². The summed E-state index contributed by atoms with van der Waals surface area (Å²) in [6, 6.07) is -1.04. The Balaban J connectivity index is 2.65. The number of thioether (sulfide) groups is 1. The number of carbonyl (C=O) groups excluding carboxylic acids is 1. The highest BCUT2D eigenvalue weighted by atomic mass is 32.2. The summed E-state index contributed by atoms with van der Waals surface area (Å²) < 4.78 is 25.8. The highest BCUT2D eigenvalue weighted by molar-refractivity contribution is 7.98. The quantitative estimate of drug-likeness (QED) is 0.598. The molecule has 1 rings (SSSR count). The summed E-state index contributed by atoms with van der Waals surface area (Å²) in [6.07, 6.45) is 5.17. The maximum Gasteiger partial charge on any atom is 0.238 e. The molecular formula is C13H26N2O4S2. The molecule has 1 saturated carbocycles. The van der Waals surface area contributed by atoms with Gasteiger partial charge in [0.2, 0.25) is 15.9 Å². The van der Waals surface area contributed by atoms with Crippen molar-refractivity contribution in [2.24, 2.45) is 0 Å². The number of amides is 1. The summed E-state index contributed by atoms with van der Waals surface area (Å²) in [5.41, 5.74) is 0. The number of rotatable bonds is 8. The standard InChI is InChI=1S/C13H26N2O4S2/c1-3-21(18,19)15-11(8-9-20-2)13(17)14-10-6-4-5-7-12(10)16/h10-12,15-16H,3-9H2,1-2H3,(H,14,17)/t10-,11?,12-/m0/s1. The van der Waals surface area contributed by atoms with Crippen LogP contribution in [0.4, 0.5) is 0 Å². The van der Waals surface area contributed by atoms with Gasteiger partial charge in [-0.25, -0.2) is 13.1 Å². The minimum absolute atomic E-state index is 0.0535. The van der Waals surface area contributed by atoms with E-state index in [0.717, 1.165) is 19.3 Å². The first-order valence-electron chi connectivity index (χ1n) is 7.37.